The molecule has 1 amide bonds. The van der Waals surface area contributed by atoms with Crippen LogP contribution < -0.4 is 5.32 Å². The Labute approximate surface area is 221 Å². The molecular weight excluding hydrogens is 554 g/mol. The predicted octanol–water partition coefficient (Wildman–Crippen LogP) is 5.11. The molecule has 1 fully saturated rings. The minimum atomic E-state index is -3.30. The summed E-state index contributed by atoms with van der Waals surface area (Å²) in [4.78, 5) is 54.1. The largest absolute Gasteiger partial charge is 0.457 e. The van der Waals surface area contributed by atoms with Crippen molar-refractivity contribution in [3.63, 3.8) is 0 Å². The van der Waals surface area contributed by atoms with E-state index in [1.165, 1.54) is 6.07 Å². The summed E-state index contributed by atoms with van der Waals surface area (Å²) in [7, 11) is 1.15. The third kappa shape index (κ3) is 7.53. The lowest BCUT2D eigenvalue weighted by Crippen LogP contribution is -2.47. The van der Waals surface area contributed by atoms with Crippen molar-refractivity contribution in [1.29, 1.82) is 0 Å². The van der Waals surface area contributed by atoms with Crippen molar-refractivity contribution in [2.24, 2.45) is 17.8 Å². The summed E-state index contributed by atoms with van der Waals surface area (Å²) >= 11 is 3.36. The molecule has 1 aromatic heterocycles. The van der Waals surface area contributed by atoms with Crippen LogP contribution in [0, 0.1) is 17.8 Å². The Morgan fingerprint density at radius 1 is 1.11 bits per heavy atom. The van der Waals surface area contributed by atoms with Crippen molar-refractivity contribution in [3.8, 4) is 0 Å². The normalized spacial score (nSPS) is 20.1. The number of ether oxygens (including phenoxy) is 2. The van der Waals surface area contributed by atoms with E-state index in [4.69, 9.17) is 4.74 Å². The van der Waals surface area contributed by atoms with Crippen LogP contribution in [0.3, 0.4) is 0 Å². The van der Waals surface area contributed by atoms with E-state index in [0.717, 1.165) is 17.0 Å². The van der Waals surface area contributed by atoms with Gasteiger partial charge >= 0.3 is 12.1 Å². The number of ketones is 2. The number of halogens is 3. The number of aromatic nitrogens is 1. The molecule has 11 heteroatoms. The van der Waals surface area contributed by atoms with Gasteiger partial charge in [0.25, 0.3) is 0 Å². The number of alkyl halides is 2. The molecule has 3 atom stereocenters. The van der Waals surface area contributed by atoms with Gasteiger partial charge in [0.1, 0.15) is 5.69 Å². The minimum absolute atomic E-state index is 0.00877. The van der Waals surface area contributed by atoms with E-state index in [9.17, 15) is 28.0 Å². The van der Waals surface area contributed by atoms with Crippen LogP contribution in [0.4, 0.5) is 13.6 Å². The molecule has 1 heterocycles. The zero-order valence-corrected chi connectivity index (χ0v) is 22.3. The maximum atomic E-state index is 14.8. The number of nitrogens with one attached hydrogen (secondary N) is 1. The first-order chi connectivity index (χ1) is 17.4. The number of rotatable bonds is 8. The van der Waals surface area contributed by atoms with Gasteiger partial charge in [-0.25, -0.2) is 18.6 Å². The fraction of sp³-hybridized carbons (Fsp3) is 0.500. The van der Waals surface area contributed by atoms with Crippen LogP contribution in [0.25, 0.3) is 10.9 Å². The second-order valence-corrected chi connectivity index (χ2v) is 10.5. The number of carbonyl (C=O) groups is 4. The van der Waals surface area contributed by atoms with Gasteiger partial charge in [-0.2, -0.15) is 0 Å². The second kappa shape index (κ2) is 12.1. The maximum Gasteiger partial charge on any atom is 0.407 e. The molecule has 3 rings (SSSR count). The summed E-state index contributed by atoms with van der Waals surface area (Å²) < 4.78 is 40.0. The molecule has 1 aromatic carbocycles. The average molecular weight is 583 g/mol. The van der Waals surface area contributed by atoms with Gasteiger partial charge in [-0.3, -0.25) is 14.4 Å². The van der Waals surface area contributed by atoms with Gasteiger partial charge in [0, 0.05) is 28.6 Å². The number of fused-ring (bicyclic) bond motifs is 1. The number of nitrogens with zero attached hydrogens (tertiary/aromatic N) is 1. The van der Waals surface area contributed by atoms with Crippen LogP contribution in [-0.4, -0.2) is 54.3 Å². The molecule has 1 saturated carbocycles. The van der Waals surface area contributed by atoms with Crippen LogP contribution in [0.5, 0.6) is 0 Å². The molecule has 1 N–H and O–H groups in total. The molecule has 8 nitrogen and oxygen atoms in total. The number of amides is 1. The Balaban J connectivity index is 1.63. The van der Waals surface area contributed by atoms with Crippen LogP contribution in [0.15, 0.2) is 34.8 Å². The van der Waals surface area contributed by atoms with E-state index in [2.05, 4.69) is 31.0 Å². The lowest BCUT2D eigenvalue weighted by Gasteiger charge is -2.26. The van der Waals surface area contributed by atoms with E-state index >= 15 is 0 Å². The lowest BCUT2D eigenvalue weighted by atomic mass is 9.86. The number of alkyl carbamates (subject to hydrolysis) is 1. The quantitative estimate of drug-likeness (QED) is 0.261. The second-order valence-electron chi connectivity index (χ2n) is 9.56. The first-order valence-corrected chi connectivity index (χ1v) is 12.7. The Hall–Kier alpha value is -2.95. The third-order valence-corrected chi connectivity index (χ3v) is 6.90. The van der Waals surface area contributed by atoms with E-state index in [1.807, 2.05) is 6.07 Å². The number of Topliss-reactive ketones (excluding diaryl/α,β-unsaturated/α-hetero) is 2. The minimum Gasteiger partial charge on any atom is -0.457 e. The molecule has 2 unspecified atom stereocenters. The molecule has 1 aliphatic rings. The molecule has 1 aliphatic carbocycles. The third-order valence-electron chi connectivity index (χ3n) is 6.40. The van der Waals surface area contributed by atoms with Gasteiger partial charge in [0.15, 0.2) is 12.4 Å². The summed E-state index contributed by atoms with van der Waals surface area (Å²) in [5.41, 5.74) is 0.679. The molecule has 200 valence electrons. The number of hydrogen-bond acceptors (Lipinski definition) is 7. The average Bonchev–Trinajstić information content (AvgIpc) is 3.02. The molecule has 37 heavy (non-hydrogen) atoms. The SMILES string of the molecule is COC(=O)N[C@H](C(=O)C1CCC(C(=O)OCC(=O)c2ccc3cc(Br)ccc3n2)CC(F)(F)C1)C(C)C. The predicted molar refractivity (Wildman–Crippen MR) is 134 cm³/mol. The van der Waals surface area contributed by atoms with Crippen molar-refractivity contribution in [1.82, 2.24) is 10.3 Å². The molecule has 2 aromatic rings. The van der Waals surface area contributed by atoms with Crippen molar-refractivity contribution in [3.05, 3.63) is 40.5 Å². The van der Waals surface area contributed by atoms with Gasteiger partial charge in [-0.05, 0) is 43.0 Å². The van der Waals surface area contributed by atoms with Crippen LogP contribution in [0.1, 0.15) is 50.0 Å². The number of carbonyl (C=O) groups excluding carboxylic acids is 4. The molecule has 0 aliphatic heterocycles. The first-order valence-electron chi connectivity index (χ1n) is 11.9. The Bertz CT molecular complexity index is 1190. The summed E-state index contributed by atoms with van der Waals surface area (Å²) in [5, 5.41) is 3.23. The highest BCUT2D eigenvalue weighted by atomic mass is 79.9. The van der Waals surface area contributed by atoms with Crippen LogP contribution in [-0.2, 0) is 19.1 Å². The van der Waals surface area contributed by atoms with E-state index in [-0.39, 0.29) is 24.5 Å². The highest BCUT2D eigenvalue weighted by molar-refractivity contribution is 9.10. The van der Waals surface area contributed by atoms with E-state index < -0.39 is 66.9 Å². The molecule has 0 spiro atoms. The van der Waals surface area contributed by atoms with E-state index in [0.29, 0.717) is 5.52 Å². The standard InChI is InChI=1S/C26H29BrF2N2O6/c1-14(2)22(31-25(35)36-3)23(33)16-4-5-17(12-26(28,29)11-16)24(34)37-13-21(32)20-8-6-15-10-18(27)7-9-19(15)30-20/h6-10,14,16-17,22H,4-5,11-13H2,1-3H3,(H,31,35)/t16?,17?,22-/m0/s1. The number of esters is 1. The zero-order valence-electron chi connectivity index (χ0n) is 20.8. The highest BCUT2D eigenvalue weighted by Crippen LogP contribution is 2.39. The van der Waals surface area contributed by atoms with Gasteiger partial charge in [0.05, 0.1) is 24.6 Å². The number of pyridine rings is 1. The summed E-state index contributed by atoms with van der Waals surface area (Å²) in [5.74, 6) is -7.88. The van der Waals surface area contributed by atoms with Gasteiger partial charge < -0.3 is 14.8 Å². The highest BCUT2D eigenvalue weighted by Gasteiger charge is 2.45. The molecular formula is C26H29BrF2N2O6. The van der Waals surface area contributed by atoms with Gasteiger partial charge in [-0.15, -0.1) is 0 Å². The van der Waals surface area contributed by atoms with Crippen molar-refractivity contribution < 1.29 is 37.4 Å². The van der Waals surface area contributed by atoms with Gasteiger partial charge in [-0.1, -0.05) is 35.8 Å². The number of hydrogen-bond donors (Lipinski definition) is 1. The van der Waals surface area contributed by atoms with Crippen LogP contribution >= 0.6 is 15.9 Å². The number of methoxy groups -OCH3 is 1. The zero-order chi connectivity index (χ0) is 27.3. The summed E-state index contributed by atoms with van der Waals surface area (Å²) in [6.45, 7) is 2.75. The van der Waals surface area contributed by atoms with Crippen LogP contribution in [0.2, 0.25) is 0 Å². The molecule has 0 saturated heterocycles. The number of benzene rings is 1. The van der Waals surface area contributed by atoms with Crippen molar-refractivity contribution in [2.75, 3.05) is 13.7 Å². The Morgan fingerprint density at radius 2 is 1.78 bits per heavy atom. The van der Waals surface area contributed by atoms with Gasteiger partial charge in [0.2, 0.25) is 11.7 Å². The Kier molecular flexibility index (Phi) is 9.33. The topological polar surface area (TPSA) is 112 Å². The lowest BCUT2D eigenvalue weighted by molar-refractivity contribution is -0.151. The fourth-order valence-electron chi connectivity index (χ4n) is 4.44. The fourth-order valence-corrected chi connectivity index (χ4v) is 4.82. The van der Waals surface area contributed by atoms with Crippen molar-refractivity contribution in [2.45, 2.75) is 51.5 Å². The summed E-state index contributed by atoms with van der Waals surface area (Å²) in [6.07, 6.45) is -2.34. The monoisotopic (exact) mass is 582 g/mol. The molecule has 0 radical (unpaired) electrons. The maximum absolute atomic E-state index is 14.8. The smallest absolute Gasteiger partial charge is 0.407 e. The van der Waals surface area contributed by atoms with Crippen molar-refractivity contribution >= 4 is 50.5 Å². The summed E-state index contributed by atoms with van der Waals surface area (Å²) in [6, 6.07) is 7.58. The molecule has 0 bridgehead atoms. The first kappa shape index (κ1) is 28.6. The van der Waals surface area contributed by atoms with E-state index in [1.54, 1.807) is 32.0 Å². The Morgan fingerprint density at radius 3 is 2.46 bits per heavy atom.